The van der Waals surface area contributed by atoms with Gasteiger partial charge in [0, 0.05) is 36.7 Å². The number of carbonyl (C=O) groups excluding carboxylic acids is 1. The number of hydrogen-bond acceptors (Lipinski definition) is 2. The van der Waals surface area contributed by atoms with E-state index >= 15 is 0 Å². The zero-order chi connectivity index (χ0) is 19.1. The Hall–Kier alpha value is -2.59. The van der Waals surface area contributed by atoms with Gasteiger partial charge in [-0.15, -0.1) is 0 Å². The Morgan fingerprint density at radius 2 is 1.86 bits per heavy atom. The number of piperidine rings is 1. The number of hydrogen-bond donors (Lipinski definition) is 0. The van der Waals surface area contributed by atoms with Crippen LogP contribution in [0.15, 0.2) is 54.6 Å². The first-order valence-electron chi connectivity index (χ1n) is 10.2. The van der Waals surface area contributed by atoms with Gasteiger partial charge in [0.1, 0.15) is 0 Å². The molecule has 1 aromatic heterocycles. The molecule has 28 heavy (non-hydrogen) atoms. The van der Waals surface area contributed by atoms with Crippen molar-refractivity contribution < 1.29 is 9.53 Å². The first-order valence-corrected chi connectivity index (χ1v) is 10.2. The summed E-state index contributed by atoms with van der Waals surface area (Å²) in [6.45, 7) is 1.43. The lowest BCUT2D eigenvalue weighted by Gasteiger charge is -2.45. The highest BCUT2D eigenvalue weighted by Crippen LogP contribution is 2.44. The molecular weight excluding hydrogens is 348 g/mol. The maximum Gasteiger partial charge on any atom is 0.223 e. The minimum Gasteiger partial charge on any atom is -0.383 e. The number of rotatable bonds is 4. The Bertz CT molecular complexity index is 1010. The summed E-state index contributed by atoms with van der Waals surface area (Å²) >= 11 is 0. The molecule has 2 aromatic carbocycles. The number of fused-ring (bicyclic) bond motifs is 5. The van der Waals surface area contributed by atoms with Gasteiger partial charge in [-0.05, 0) is 36.5 Å². The molecule has 0 N–H and O–H groups in total. The fourth-order valence-corrected chi connectivity index (χ4v) is 5.21. The molecule has 144 valence electrons. The van der Waals surface area contributed by atoms with E-state index in [1.165, 1.54) is 27.7 Å². The molecule has 0 radical (unpaired) electrons. The van der Waals surface area contributed by atoms with E-state index in [2.05, 4.69) is 64.1 Å². The van der Waals surface area contributed by atoms with Crippen molar-refractivity contribution in [1.29, 1.82) is 0 Å². The average Bonchev–Trinajstić information content (AvgIpc) is 3.03. The van der Waals surface area contributed by atoms with Gasteiger partial charge in [-0.1, -0.05) is 48.5 Å². The Kier molecular flexibility index (Phi) is 4.44. The summed E-state index contributed by atoms with van der Waals surface area (Å²) in [5.41, 5.74) is 5.31. The number of amides is 1. The molecule has 1 amide bonds. The van der Waals surface area contributed by atoms with Crippen LogP contribution in [0.4, 0.5) is 0 Å². The normalized spacial score (nSPS) is 21.6. The Balaban J connectivity index is 1.70. The van der Waals surface area contributed by atoms with E-state index in [4.69, 9.17) is 4.74 Å². The van der Waals surface area contributed by atoms with Crippen molar-refractivity contribution in [3.8, 4) is 0 Å². The van der Waals surface area contributed by atoms with Gasteiger partial charge in [-0.2, -0.15) is 0 Å². The molecular formula is C24H26N2O2. The minimum atomic E-state index is 0.131. The summed E-state index contributed by atoms with van der Waals surface area (Å²) in [5.74, 6) is 0.278. The van der Waals surface area contributed by atoms with Gasteiger partial charge in [0.05, 0.1) is 18.7 Å². The van der Waals surface area contributed by atoms with Crippen LogP contribution in [0, 0.1) is 0 Å². The van der Waals surface area contributed by atoms with Crippen molar-refractivity contribution >= 4 is 16.8 Å². The standard InChI is InChI=1S/C24H26N2O2/c1-28-16-18-14-20-19-10-5-6-11-21(19)25(15-17-8-3-2-4-9-17)24(20)22-12-7-13-23(27)26(18)22/h2-6,8-11,18,22H,7,12-16H2,1H3/t18-,22+/m1/s1. The lowest BCUT2D eigenvalue weighted by Crippen LogP contribution is -2.51. The first kappa shape index (κ1) is 17.5. The topological polar surface area (TPSA) is 34.5 Å². The second-order valence-corrected chi connectivity index (χ2v) is 7.98. The molecule has 3 heterocycles. The fourth-order valence-electron chi connectivity index (χ4n) is 5.21. The monoisotopic (exact) mass is 374 g/mol. The first-order chi connectivity index (χ1) is 13.8. The third kappa shape index (κ3) is 2.75. The Labute approximate surface area is 165 Å². The van der Waals surface area contributed by atoms with E-state index in [0.29, 0.717) is 13.0 Å². The number of ether oxygens (including phenoxy) is 1. The average molecular weight is 374 g/mol. The maximum atomic E-state index is 12.9. The highest BCUT2D eigenvalue weighted by atomic mass is 16.5. The van der Waals surface area contributed by atoms with Gasteiger partial charge in [0.2, 0.25) is 5.91 Å². The minimum absolute atomic E-state index is 0.131. The van der Waals surface area contributed by atoms with E-state index in [1.54, 1.807) is 7.11 Å². The van der Waals surface area contributed by atoms with Crippen molar-refractivity contribution in [1.82, 2.24) is 9.47 Å². The molecule has 0 unspecified atom stereocenters. The summed E-state index contributed by atoms with van der Waals surface area (Å²) in [4.78, 5) is 15.0. The van der Waals surface area contributed by atoms with Crippen LogP contribution < -0.4 is 0 Å². The molecule has 0 aliphatic carbocycles. The molecule has 2 aliphatic heterocycles. The lowest BCUT2D eigenvalue weighted by molar-refractivity contribution is -0.142. The molecule has 1 fully saturated rings. The molecule has 4 nitrogen and oxygen atoms in total. The van der Waals surface area contributed by atoms with Gasteiger partial charge in [-0.3, -0.25) is 4.79 Å². The van der Waals surface area contributed by atoms with Crippen LogP contribution in [-0.2, 0) is 22.5 Å². The lowest BCUT2D eigenvalue weighted by atomic mass is 9.86. The largest absolute Gasteiger partial charge is 0.383 e. The molecule has 0 spiro atoms. The van der Waals surface area contributed by atoms with Crippen molar-refractivity contribution in [3.05, 3.63) is 71.4 Å². The molecule has 1 saturated heterocycles. The smallest absolute Gasteiger partial charge is 0.223 e. The van der Waals surface area contributed by atoms with Gasteiger partial charge in [0.15, 0.2) is 0 Å². The van der Waals surface area contributed by atoms with Crippen LogP contribution in [0.2, 0.25) is 0 Å². The van der Waals surface area contributed by atoms with Gasteiger partial charge in [0.25, 0.3) is 0 Å². The Morgan fingerprint density at radius 3 is 2.68 bits per heavy atom. The van der Waals surface area contributed by atoms with Gasteiger partial charge >= 0.3 is 0 Å². The van der Waals surface area contributed by atoms with Crippen molar-refractivity contribution in [2.24, 2.45) is 0 Å². The number of benzene rings is 2. The van der Waals surface area contributed by atoms with Crippen molar-refractivity contribution in [2.75, 3.05) is 13.7 Å². The van der Waals surface area contributed by atoms with E-state index in [0.717, 1.165) is 25.8 Å². The predicted molar refractivity (Wildman–Crippen MR) is 110 cm³/mol. The number of aromatic nitrogens is 1. The maximum absolute atomic E-state index is 12.9. The highest BCUT2D eigenvalue weighted by molar-refractivity contribution is 5.87. The van der Waals surface area contributed by atoms with Crippen molar-refractivity contribution in [2.45, 2.75) is 44.3 Å². The quantitative estimate of drug-likeness (QED) is 0.682. The fraction of sp³-hybridized carbons (Fsp3) is 0.375. The third-order valence-corrected chi connectivity index (χ3v) is 6.30. The molecule has 2 aliphatic rings. The van der Waals surface area contributed by atoms with E-state index in [-0.39, 0.29) is 18.0 Å². The zero-order valence-electron chi connectivity index (χ0n) is 16.3. The van der Waals surface area contributed by atoms with E-state index < -0.39 is 0 Å². The molecule has 2 atom stereocenters. The summed E-state index contributed by atoms with van der Waals surface area (Å²) < 4.78 is 7.97. The van der Waals surface area contributed by atoms with Crippen LogP contribution in [0.1, 0.15) is 42.1 Å². The summed E-state index contributed by atoms with van der Waals surface area (Å²) in [7, 11) is 1.73. The molecule has 5 rings (SSSR count). The number of nitrogens with zero attached hydrogens (tertiary/aromatic N) is 2. The van der Waals surface area contributed by atoms with Crippen LogP contribution in [0.25, 0.3) is 10.9 Å². The van der Waals surface area contributed by atoms with Gasteiger partial charge in [-0.25, -0.2) is 0 Å². The SMILES string of the molecule is COC[C@H]1Cc2c(n(Cc3ccccc3)c3ccccc23)[C@@H]2CCCC(=O)N12. The predicted octanol–water partition coefficient (Wildman–Crippen LogP) is 4.31. The number of carbonyl (C=O) groups is 1. The highest BCUT2D eigenvalue weighted by Gasteiger charge is 2.42. The summed E-state index contributed by atoms with van der Waals surface area (Å²) in [5, 5.41) is 1.33. The van der Waals surface area contributed by atoms with Crippen molar-refractivity contribution in [3.63, 3.8) is 0 Å². The zero-order valence-corrected chi connectivity index (χ0v) is 16.3. The van der Waals surface area contributed by atoms with Crippen LogP contribution in [0.3, 0.4) is 0 Å². The Morgan fingerprint density at radius 1 is 1.07 bits per heavy atom. The second-order valence-electron chi connectivity index (χ2n) is 7.98. The molecule has 0 bridgehead atoms. The number of methoxy groups -OCH3 is 1. The molecule has 4 heteroatoms. The van der Waals surface area contributed by atoms with E-state index in [1.807, 2.05) is 0 Å². The van der Waals surface area contributed by atoms with Crippen LogP contribution in [-0.4, -0.2) is 35.1 Å². The van der Waals surface area contributed by atoms with E-state index in [9.17, 15) is 4.79 Å². The molecule has 3 aromatic rings. The second kappa shape index (κ2) is 7.10. The summed E-state index contributed by atoms with van der Waals surface area (Å²) in [6.07, 6.45) is 3.52. The third-order valence-electron chi connectivity index (χ3n) is 6.30. The molecule has 0 saturated carbocycles. The van der Waals surface area contributed by atoms with Gasteiger partial charge < -0.3 is 14.2 Å². The van der Waals surface area contributed by atoms with Crippen LogP contribution in [0.5, 0.6) is 0 Å². The summed E-state index contributed by atoms with van der Waals surface area (Å²) in [6, 6.07) is 19.6. The number of para-hydroxylation sites is 1. The van der Waals surface area contributed by atoms with Crippen LogP contribution >= 0.6 is 0 Å².